The number of nitrogens with zero attached hydrogens (tertiary/aromatic N) is 2. The van der Waals surface area contributed by atoms with E-state index < -0.39 is 0 Å². The number of aryl methyl sites for hydroxylation is 1. The smallest absolute Gasteiger partial charge is 0.157 e. The molecule has 0 bridgehead atoms. The predicted molar refractivity (Wildman–Crippen MR) is 88.7 cm³/mol. The van der Waals surface area contributed by atoms with Gasteiger partial charge in [-0.25, -0.2) is 4.98 Å². The summed E-state index contributed by atoms with van der Waals surface area (Å²) in [5.74, 6) is 2.02. The van der Waals surface area contributed by atoms with Crippen LogP contribution in [0.3, 0.4) is 0 Å². The molecule has 1 N–H and O–H groups in total. The van der Waals surface area contributed by atoms with E-state index in [2.05, 4.69) is 31.1 Å². The summed E-state index contributed by atoms with van der Waals surface area (Å²) in [5.41, 5.74) is 0.319. The third-order valence-corrected chi connectivity index (χ3v) is 6.52. The summed E-state index contributed by atoms with van der Waals surface area (Å²) < 4.78 is 0. The number of amidine groups is 1. The fraction of sp³-hybridized carbons (Fsp3) is 0.733. The van der Waals surface area contributed by atoms with Crippen molar-refractivity contribution in [3.63, 3.8) is 0 Å². The Balaban J connectivity index is 1.68. The number of hydrogen-bond acceptors (Lipinski definition) is 4. The Morgan fingerprint density at radius 2 is 2.40 bits per heavy atom. The summed E-state index contributed by atoms with van der Waals surface area (Å²) >= 11 is 3.65. The quantitative estimate of drug-likeness (QED) is 0.891. The molecule has 2 heterocycles. The number of aromatic nitrogens is 1. The first-order valence-electron chi connectivity index (χ1n) is 7.47. The summed E-state index contributed by atoms with van der Waals surface area (Å²) in [6.07, 6.45) is 7.27. The van der Waals surface area contributed by atoms with Crippen LogP contribution in [-0.2, 0) is 0 Å². The molecule has 0 radical (unpaired) electrons. The minimum absolute atomic E-state index is 0.167. The van der Waals surface area contributed by atoms with Gasteiger partial charge in [0.05, 0.1) is 0 Å². The van der Waals surface area contributed by atoms with E-state index in [4.69, 9.17) is 4.99 Å². The van der Waals surface area contributed by atoms with Crippen molar-refractivity contribution in [2.75, 3.05) is 5.75 Å². The van der Waals surface area contributed by atoms with Crippen molar-refractivity contribution >= 4 is 28.3 Å². The monoisotopic (exact) mass is 309 g/mol. The third-order valence-electron chi connectivity index (χ3n) is 4.26. The van der Waals surface area contributed by atoms with Crippen LogP contribution in [0.4, 0.5) is 0 Å². The molecule has 0 amide bonds. The zero-order valence-corrected chi connectivity index (χ0v) is 14.1. The van der Waals surface area contributed by atoms with Gasteiger partial charge in [0, 0.05) is 22.4 Å². The van der Waals surface area contributed by atoms with Gasteiger partial charge in [0.25, 0.3) is 0 Å². The van der Waals surface area contributed by atoms with Crippen LogP contribution < -0.4 is 5.32 Å². The molecule has 1 saturated heterocycles. The Bertz CT molecular complexity index is 511. The number of thioether (sulfide) groups is 1. The number of rotatable bonds is 2. The van der Waals surface area contributed by atoms with Gasteiger partial charge in [0.1, 0.15) is 11.0 Å². The van der Waals surface area contributed by atoms with Crippen LogP contribution in [0.1, 0.15) is 55.5 Å². The number of hydrogen-bond donors (Lipinski definition) is 1. The second-order valence-corrected chi connectivity index (χ2v) is 8.55. The maximum Gasteiger partial charge on any atom is 0.157 e. The molecule has 3 rings (SSSR count). The van der Waals surface area contributed by atoms with Crippen LogP contribution in [0.5, 0.6) is 0 Å². The van der Waals surface area contributed by atoms with Gasteiger partial charge >= 0.3 is 0 Å². The van der Waals surface area contributed by atoms with E-state index in [1.807, 2.05) is 18.0 Å². The number of aliphatic imine (C=N–C) groups is 1. The van der Waals surface area contributed by atoms with E-state index in [-0.39, 0.29) is 6.04 Å². The van der Waals surface area contributed by atoms with Gasteiger partial charge in [-0.2, -0.15) is 0 Å². The first-order valence-corrected chi connectivity index (χ1v) is 9.28. The highest BCUT2D eigenvalue weighted by atomic mass is 32.2. The average molecular weight is 310 g/mol. The standard InChI is InChI=1S/C15H23N3S2/c1-10-5-4-6-15(7-10)9-19-14(18-15)17-12(3)13-16-8-11(2)20-13/h8,10,12H,4-7,9H2,1-3H3,(H,17,18). The molecular weight excluding hydrogens is 286 g/mol. The maximum absolute atomic E-state index is 4.85. The van der Waals surface area contributed by atoms with Gasteiger partial charge < -0.3 is 5.32 Å². The van der Waals surface area contributed by atoms with E-state index in [9.17, 15) is 0 Å². The van der Waals surface area contributed by atoms with Crippen molar-refractivity contribution < 1.29 is 0 Å². The van der Waals surface area contributed by atoms with Crippen LogP contribution in [0.25, 0.3) is 0 Å². The summed E-state index contributed by atoms with van der Waals surface area (Å²) in [6, 6.07) is 0.167. The highest BCUT2D eigenvalue weighted by molar-refractivity contribution is 8.14. The molecule has 1 spiro atoms. The SMILES string of the molecule is Cc1cnc(C(C)N=C2NC3(CCCC(C)C3)CS2)s1. The zero-order chi connectivity index (χ0) is 14.2. The lowest BCUT2D eigenvalue weighted by molar-refractivity contribution is 0.242. The van der Waals surface area contributed by atoms with E-state index >= 15 is 0 Å². The van der Waals surface area contributed by atoms with Gasteiger partial charge in [-0.05, 0) is 32.6 Å². The van der Waals surface area contributed by atoms with Gasteiger partial charge in [-0.1, -0.05) is 31.5 Å². The summed E-state index contributed by atoms with van der Waals surface area (Å²) in [4.78, 5) is 10.6. The molecule has 3 atom stereocenters. The molecule has 5 heteroatoms. The Kier molecular flexibility index (Phi) is 4.09. The van der Waals surface area contributed by atoms with Gasteiger partial charge in [0.2, 0.25) is 0 Å². The van der Waals surface area contributed by atoms with Gasteiger partial charge in [0.15, 0.2) is 5.17 Å². The second-order valence-electron chi connectivity index (χ2n) is 6.31. The summed E-state index contributed by atoms with van der Waals surface area (Å²) in [6.45, 7) is 6.62. The first kappa shape index (κ1) is 14.4. The topological polar surface area (TPSA) is 37.3 Å². The Hall–Kier alpha value is -0.550. The fourth-order valence-corrected chi connectivity index (χ4v) is 5.31. The zero-order valence-electron chi connectivity index (χ0n) is 12.5. The molecule has 1 aromatic heterocycles. The van der Waals surface area contributed by atoms with Crippen molar-refractivity contribution in [2.45, 2.75) is 58.0 Å². The molecule has 1 saturated carbocycles. The molecular formula is C15H23N3S2. The highest BCUT2D eigenvalue weighted by Crippen LogP contribution is 2.39. The third kappa shape index (κ3) is 3.03. The highest BCUT2D eigenvalue weighted by Gasteiger charge is 2.40. The molecule has 0 aromatic carbocycles. The maximum atomic E-state index is 4.85. The van der Waals surface area contributed by atoms with Crippen molar-refractivity contribution in [1.29, 1.82) is 0 Å². The molecule has 2 aliphatic rings. The van der Waals surface area contributed by atoms with Crippen LogP contribution in [0.15, 0.2) is 11.2 Å². The molecule has 3 unspecified atom stereocenters. The molecule has 1 aliphatic carbocycles. The Morgan fingerprint density at radius 1 is 1.55 bits per heavy atom. The van der Waals surface area contributed by atoms with E-state index in [0.29, 0.717) is 5.54 Å². The van der Waals surface area contributed by atoms with E-state index in [1.165, 1.54) is 36.3 Å². The van der Waals surface area contributed by atoms with Crippen LogP contribution in [0.2, 0.25) is 0 Å². The van der Waals surface area contributed by atoms with Crippen LogP contribution in [-0.4, -0.2) is 21.4 Å². The normalized spacial score (nSPS) is 33.5. The van der Waals surface area contributed by atoms with E-state index in [1.54, 1.807) is 11.3 Å². The fourth-order valence-electron chi connectivity index (χ4n) is 3.28. The van der Waals surface area contributed by atoms with Gasteiger partial charge in [-0.15, -0.1) is 11.3 Å². The van der Waals surface area contributed by atoms with Crippen molar-refractivity contribution in [1.82, 2.24) is 10.3 Å². The van der Waals surface area contributed by atoms with Crippen LogP contribution in [0, 0.1) is 12.8 Å². The largest absolute Gasteiger partial charge is 0.359 e. The second kappa shape index (κ2) is 5.68. The lowest BCUT2D eigenvalue weighted by atomic mass is 9.78. The molecule has 110 valence electrons. The molecule has 1 aliphatic heterocycles. The first-order chi connectivity index (χ1) is 9.56. The summed E-state index contributed by atoms with van der Waals surface area (Å²) in [7, 11) is 0. The van der Waals surface area contributed by atoms with Crippen molar-refractivity contribution in [2.24, 2.45) is 10.9 Å². The minimum atomic E-state index is 0.167. The van der Waals surface area contributed by atoms with Gasteiger partial charge in [-0.3, -0.25) is 4.99 Å². The Labute approximate surface area is 129 Å². The lowest BCUT2D eigenvalue weighted by Gasteiger charge is -2.36. The number of thiazole rings is 1. The molecule has 2 fully saturated rings. The van der Waals surface area contributed by atoms with Crippen molar-refractivity contribution in [3.05, 3.63) is 16.1 Å². The predicted octanol–water partition coefficient (Wildman–Crippen LogP) is 4.15. The number of nitrogens with one attached hydrogen (secondary N) is 1. The minimum Gasteiger partial charge on any atom is -0.359 e. The van der Waals surface area contributed by atoms with Crippen molar-refractivity contribution in [3.8, 4) is 0 Å². The Morgan fingerprint density at radius 3 is 3.10 bits per heavy atom. The van der Waals surface area contributed by atoms with E-state index in [0.717, 1.165) is 16.1 Å². The van der Waals surface area contributed by atoms with Crippen LogP contribution >= 0.6 is 23.1 Å². The lowest BCUT2D eigenvalue weighted by Crippen LogP contribution is -2.47. The molecule has 1 aromatic rings. The molecule has 3 nitrogen and oxygen atoms in total. The summed E-state index contributed by atoms with van der Waals surface area (Å²) in [5, 5.41) is 5.98. The molecule has 20 heavy (non-hydrogen) atoms. The average Bonchev–Trinajstić information content (AvgIpc) is 2.97.